The van der Waals surface area contributed by atoms with Crippen molar-refractivity contribution in [1.29, 1.82) is 0 Å². The Bertz CT molecular complexity index is 1010. The van der Waals surface area contributed by atoms with Crippen molar-refractivity contribution in [2.24, 2.45) is 0 Å². The Morgan fingerprint density at radius 3 is 2.96 bits per heavy atom. The molecule has 2 aromatic heterocycles. The van der Waals surface area contributed by atoms with Crippen LogP contribution in [-0.4, -0.2) is 38.7 Å². The normalized spacial score (nSPS) is 19.2. The molecule has 1 aromatic carbocycles. The van der Waals surface area contributed by atoms with E-state index in [-0.39, 0.29) is 24.3 Å². The van der Waals surface area contributed by atoms with Gasteiger partial charge in [0.25, 0.3) is 5.56 Å². The Labute approximate surface area is 143 Å². The molecule has 0 unspecified atom stereocenters. The zero-order valence-electron chi connectivity index (χ0n) is 12.9. The van der Waals surface area contributed by atoms with Gasteiger partial charge in [-0.25, -0.2) is 4.98 Å². The number of nitrogens with one attached hydrogen (secondary N) is 1. The number of nitrogens with zero attached hydrogens (tertiary/aromatic N) is 2. The second-order valence-electron chi connectivity index (χ2n) is 6.11. The molecule has 0 bridgehead atoms. The van der Waals surface area contributed by atoms with E-state index < -0.39 is 12.2 Å². The van der Waals surface area contributed by atoms with Crippen molar-refractivity contribution in [1.82, 2.24) is 14.9 Å². The SMILES string of the molecule is O=c1[nH]c2sc(CN3CCC[C@@H]3C(F)(F)F)nc2c2c(O)cccc12. The molecule has 0 amide bonds. The molecule has 1 saturated heterocycles. The molecule has 25 heavy (non-hydrogen) atoms. The second kappa shape index (κ2) is 5.70. The van der Waals surface area contributed by atoms with Crippen LogP contribution in [0.3, 0.4) is 0 Å². The maximum atomic E-state index is 13.1. The smallest absolute Gasteiger partial charge is 0.404 e. The van der Waals surface area contributed by atoms with Crippen LogP contribution in [0.4, 0.5) is 13.2 Å². The highest BCUT2D eigenvalue weighted by atomic mass is 32.1. The highest BCUT2D eigenvalue weighted by Gasteiger charge is 2.45. The van der Waals surface area contributed by atoms with Crippen molar-refractivity contribution in [3.05, 3.63) is 33.6 Å². The fourth-order valence-electron chi connectivity index (χ4n) is 3.39. The van der Waals surface area contributed by atoms with Crippen molar-refractivity contribution in [3.63, 3.8) is 0 Å². The molecule has 1 aliphatic heterocycles. The number of hydrogen-bond acceptors (Lipinski definition) is 5. The summed E-state index contributed by atoms with van der Waals surface area (Å²) in [7, 11) is 0. The van der Waals surface area contributed by atoms with Crippen molar-refractivity contribution in [2.75, 3.05) is 6.54 Å². The molecular weight excluding hydrogens is 355 g/mol. The molecule has 0 spiro atoms. The van der Waals surface area contributed by atoms with Crippen molar-refractivity contribution in [2.45, 2.75) is 31.6 Å². The number of phenols is 1. The minimum Gasteiger partial charge on any atom is -0.507 e. The number of rotatable bonds is 2. The molecule has 1 aliphatic rings. The van der Waals surface area contributed by atoms with Gasteiger partial charge in [-0.15, -0.1) is 0 Å². The maximum Gasteiger partial charge on any atom is 0.404 e. The van der Waals surface area contributed by atoms with Gasteiger partial charge in [-0.3, -0.25) is 9.69 Å². The first kappa shape index (κ1) is 16.3. The number of pyridine rings is 1. The third-order valence-corrected chi connectivity index (χ3v) is 5.46. The summed E-state index contributed by atoms with van der Waals surface area (Å²) >= 11 is 1.15. The average molecular weight is 369 g/mol. The van der Waals surface area contributed by atoms with Crippen molar-refractivity contribution in [3.8, 4) is 5.75 Å². The number of aromatic hydroxyl groups is 1. The fourth-order valence-corrected chi connectivity index (χ4v) is 4.39. The molecule has 1 fully saturated rings. The standard InChI is InChI=1S/C16H14F3N3O2S/c17-16(18,19)10-5-2-6-22(10)7-11-20-13-12-8(3-1-4-9(12)23)14(24)21-15(13)25-11/h1,3-4,10,23H,2,5-7H2,(H,21,24)/t10-/m1/s1. The largest absolute Gasteiger partial charge is 0.507 e. The number of alkyl halides is 3. The van der Waals surface area contributed by atoms with Crippen LogP contribution in [0.5, 0.6) is 5.75 Å². The highest BCUT2D eigenvalue weighted by Crippen LogP contribution is 2.36. The van der Waals surface area contributed by atoms with Crippen molar-refractivity contribution >= 4 is 32.5 Å². The molecule has 5 nitrogen and oxygen atoms in total. The number of H-pyrrole nitrogens is 1. The Balaban J connectivity index is 1.77. The van der Waals surface area contributed by atoms with E-state index in [1.165, 1.54) is 11.0 Å². The first-order valence-electron chi connectivity index (χ1n) is 7.79. The first-order chi connectivity index (χ1) is 11.8. The Hall–Kier alpha value is -2.13. The molecule has 0 radical (unpaired) electrons. The van der Waals surface area contributed by atoms with Crippen LogP contribution in [0.15, 0.2) is 23.0 Å². The van der Waals surface area contributed by atoms with Crippen LogP contribution in [0.2, 0.25) is 0 Å². The third-order valence-electron chi connectivity index (χ3n) is 4.50. The van der Waals surface area contributed by atoms with Crippen LogP contribution < -0.4 is 5.56 Å². The molecule has 0 aliphatic carbocycles. The van der Waals surface area contributed by atoms with Crippen LogP contribution in [0.25, 0.3) is 21.1 Å². The first-order valence-corrected chi connectivity index (χ1v) is 8.60. The molecule has 9 heteroatoms. The molecule has 3 aromatic rings. The van der Waals surface area contributed by atoms with E-state index >= 15 is 0 Å². The number of hydrogen-bond donors (Lipinski definition) is 2. The summed E-state index contributed by atoms with van der Waals surface area (Å²) in [6.45, 7) is 0.434. The van der Waals surface area contributed by atoms with E-state index in [0.717, 1.165) is 11.3 Å². The molecule has 132 valence electrons. The zero-order chi connectivity index (χ0) is 17.8. The Kier molecular flexibility index (Phi) is 3.73. The summed E-state index contributed by atoms with van der Waals surface area (Å²) < 4.78 is 39.3. The molecule has 1 atom stereocenters. The van der Waals surface area contributed by atoms with E-state index in [2.05, 4.69) is 9.97 Å². The second-order valence-corrected chi connectivity index (χ2v) is 7.19. The summed E-state index contributed by atoms with van der Waals surface area (Å²) in [4.78, 5) is 21.1. The Morgan fingerprint density at radius 2 is 2.20 bits per heavy atom. The number of aromatic nitrogens is 2. The predicted octanol–water partition coefficient (Wildman–Crippen LogP) is 3.37. The number of phenolic OH excluding ortho intramolecular Hbond substituents is 1. The van der Waals surface area contributed by atoms with E-state index in [0.29, 0.717) is 39.1 Å². The average Bonchev–Trinajstić information content (AvgIpc) is 3.14. The maximum absolute atomic E-state index is 13.1. The minimum atomic E-state index is -4.26. The van der Waals surface area contributed by atoms with E-state index in [4.69, 9.17) is 0 Å². The molecule has 0 saturated carbocycles. The zero-order valence-corrected chi connectivity index (χ0v) is 13.7. The van der Waals surface area contributed by atoms with Gasteiger partial charge >= 0.3 is 6.18 Å². The van der Waals surface area contributed by atoms with Crippen LogP contribution >= 0.6 is 11.3 Å². The monoisotopic (exact) mass is 369 g/mol. The summed E-state index contributed by atoms with van der Waals surface area (Å²) in [5.74, 6) is -0.0696. The lowest BCUT2D eigenvalue weighted by molar-refractivity contribution is -0.177. The minimum absolute atomic E-state index is 0.0696. The topological polar surface area (TPSA) is 69.2 Å². The van der Waals surface area contributed by atoms with Gasteiger partial charge in [0, 0.05) is 0 Å². The lowest BCUT2D eigenvalue weighted by atomic mass is 10.1. The quantitative estimate of drug-likeness (QED) is 0.727. The number of fused-ring (bicyclic) bond motifs is 3. The summed E-state index contributed by atoms with van der Waals surface area (Å²) in [6.07, 6.45) is -3.67. The Morgan fingerprint density at radius 1 is 1.40 bits per heavy atom. The van der Waals surface area contributed by atoms with Gasteiger partial charge in [0.1, 0.15) is 27.1 Å². The van der Waals surface area contributed by atoms with E-state index in [1.54, 1.807) is 12.1 Å². The predicted molar refractivity (Wildman–Crippen MR) is 88.9 cm³/mol. The fraction of sp³-hybridized carbons (Fsp3) is 0.375. The summed E-state index contributed by atoms with van der Waals surface area (Å²) in [5, 5.41) is 11.2. The van der Waals surface area contributed by atoms with Gasteiger partial charge in [0.05, 0.1) is 17.3 Å². The van der Waals surface area contributed by atoms with Gasteiger partial charge in [-0.05, 0) is 31.5 Å². The lowest BCUT2D eigenvalue weighted by Gasteiger charge is -2.25. The lowest BCUT2D eigenvalue weighted by Crippen LogP contribution is -2.40. The van der Waals surface area contributed by atoms with Gasteiger partial charge in [-0.2, -0.15) is 13.2 Å². The van der Waals surface area contributed by atoms with Gasteiger partial charge < -0.3 is 10.1 Å². The van der Waals surface area contributed by atoms with E-state index in [9.17, 15) is 23.1 Å². The molecule has 3 heterocycles. The van der Waals surface area contributed by atoms with Crippen LogP contribution in [-0.2, 0) is 6.54 Å². The van der Waals surface area contributed by atoms with Gasteiger partial charge in [0.2, 0.25) is 0 Å². The van der Waals surface area contributed by atoms with E-state index in [1.807, 2.05) is 0 Å². The molecular formula is C16H14F3N3O2S. The highest BCUT2D eigenvalue weighted by molar-refractivity contribution is 7.18. The number of aromatic amines is 1. The van der Waals surface area contributed by atoms with Gasteiger partial charge in [-0.1, -0.05) is 17.4 Å². The number of thiazole rings is 1. The number of likely N-dealkylation sites (tertiary alicyclic amines) is 1. The summed E-state index contributed by atoms with van der Waals surface area (Å²) in [5.41, 5.74) is 0.0541. The number of halogens is 3. The molecule has 4 rings (SSSR count). The number of benzene rings is 1. The van der Waals surface area contributed by atoms with Gasteiger partial charge in [0.15, 0.2) is 0 Å². The van der Waals surface area contributed by atoms with Crippen LogP contribution in [0.1, 0.15) is 17.8 Å². The summed E-state index contributed by atoms with van der Waals surface area (Å²) in [6, 6.07) is 3.14. The third kappa shape index (κ3) is 2.77. The molecule has 2 N–H and O–H groups in total. The van der Waals surface area contributed by atoms with Crippen molar-refractivity contribution < 1.29 is 18.3 Å². The van der Waals surface area contributed by atoms with Crippen LogP contribution in [0, 0.1) is 0 Å².